The van der Waals surface area contributed by atoms with Crippen molar-refractivity contribution in [2.75, 3.05) is 5.32 Å². The predicted octanol–water partition coefficient (Wildman–Crippen LogP) is 2.81. The van der Waals surface area contributed by atoms with Gasteiger partial charge in [0, 0.05) is 36.4 Å². The van der Waals surface area contributed by atoms with E-state index in [4.69, 9.17) is 0 Å². The Kier molecular flexibility index (Phi) is 4.03. The molecular weight excluding hydrogens is 232 g/mol. The van der Waals surface area contributed by atoms with Crippen LogP contribution in [0.5, 0.6) is 0 Å². The van der Waals surface area contributed by atoms with E-state index in [1.54, 1.807) is 0 Å². The van der Waals surface area contributed by atoms with Gasteiger partial charge >= 0.3 is 0 Å². The third kappa shape index (κ3) is 3.49. The van der Waals surface area contributed by atoms with Crippen LogP contribution in [0.4, 0.5) is 5.13 Å². The van der Waals surface area contributed by atoms with Crippen LogP contribution < -0.4 is 5.32 Å². The molecule has 4 nitrogen and oxygen atoms in total. The number of hydrogen-bond donors (Lipinski definition) is 1. The summed E-state index contributed by atoms with van der Waals surface area (Å²) in [5.41, 5.74) is 2.19. The monoisotopic (exact) mass is 248 g/mol. The molecule has 0 aromatic carbocycles. The highest BCUT2D eigenvalue weighted by molar-refractivity contribution is 7.09. The van der Waals surface area contributed by atoms with E-state index in [-0.39, 0.29) is 0 Å². The Morgan fingerprint density at radius 1 is 1.35 bits per heavy atom. The molecule has 2 heterocycles. The molecule has 0 saturated carbocycles. The van der Waals surface area contributed by atoms with E-state index in [2.05, 4.69) is 32.6 Å². The molecule has 0 amide bonds. The van der Waals surface area contributed by atoms with Gasteiger partial charge in [-0.2, -0.15) is 4.37 Å². The van der Waals surface area contributed by atoms with Crippen LogP contribution in [0.1, 0.15) is 30.4 Å². The maximum Gasteiger partial charge on any atom is 0.202 e. The molecule has 0 aliphatic rings. The molecule has 0 aliphatic heterocycles. The van der Waals surface area contributed by atoms with Gasteiger partial charge in [-0.05, 0) is 25.0 Å². The average Bonchev–Trinajstić information content (AvgIpc) is 2.77. The molecule has 0 bridgehead atoms. The number of rotatable bonds is 5. The predicted molar refractivity (Wildman–Crippen MR) is 70.2 cm³/mol. The normalized spacial score (nSPS) is 10.5. The first-order chi connectivity index (χ1) is 8.28. The van der Waals surface area contributed by atoms with E-state index in [0.29, 0.717) is 0 Å². The molecule has 2 aromatic heterocycles. The van der Waals surface area contributed by atoms with E-state index in [1.807, 2.05) is 19.2 Å². The molecule has 0 radical (unpaired) electrons. The Morgan fingerprint density at radius 3 is 2.94 bits per heavy atom. The van der Waals surface area contributed by atoms with Gasteiger partial charge in [0.15, 0.2) is 0 Å². The second-order valence-corrected chi connectivity index (χ2v) is 4.68. The van der Waals surface area contributed by atoms with Gasteiger partial charge in [0.05, 0.1) is 0 Å². The van der Waals surface area contributed by atoms with Crippen molar-refractivity contribution in [3.63, 3.8) is 0 Å². The Morgan fingerprint density at radius 2 is 2.24 bits per heavy atom. The van der Waals surface area contributed by atoms with Crippen molar-refractivity contribution in [2.24, 2.45) is 0 Å². The zero-order valence-corrected chi connectivity index (χ0v) is 10.9. The highest BCUT2D eigenvalue weighted by atomic mass is 32.1. The standard InChI is InChI=1S/C12H16N4S/c1-3-4-11-15-12(17-16-11)14-8-10-6-5-9(2)13-7-10/h5-7H,3-4,8H2,1-2H3,(H,14,15,16). The Hall–Kier alpha value is -1.49. The zero-order valence-electron chi connectivity index (χ0n) is 10.1. The fourth-order valence-corrected chi connectivity index (χ4v) is 2.04. The Balaban J connectivity index is 1.90. The van der Waals surface area contributed by atoms with Crippen LogP contribution in [0.3, 0.4) is 0 Å². The second kappa shape index (κ2) is 5.72. The molecule has 2 rings (SSSR count). The summed E-state index contributed by atoms with van der Waals surface area (Å²) in [4.78, 5) is 8.66. The summed E-state index contributed by atoms with van der Waals surface area (Å²) in [5.74, 6) is 0.932. The largest absolute Gasteiger partial charge is 0.356 e. The van der Waals surface area contributed by atoms with Crippen molar-refractivity contribution >= 4 is 16.7 Å². The van der Waals surface area contributed by atoms with Gasteiger partial charge < -0.3 is 5.32 Å². The van der Waals surface area contributed by atoms with Crippen molar-refractivity contribution < 1.29 is 0 Å². The van der Waals surface area contributed by atoms with Gasteiger partial charge in [-0.25, -0.2) is 4.98 Å². The topological polar surface area (TPSA) is 50.7 Å². The summed E-state index contributed by atoms with van der Waals surface area (Å²) in [6.45, 7) is 4.86. The van der Waals surface area contributed by atoms with Crippen molar-refractivity contribution in [3.8, 4) is 0 Å². The van der Waals surface area contributed by atoms with Crippen LogP contribution in [-0.4, -0.2) is 14.3 Å². The van der Waals surface area contributed by atoms with Crippen LogP contribution in [0.15, 0.2) is 18.3 Å². The second-order valence-electron chi connectivity index (χ2n) is 3.93. The summed E-state index contributed by atoms with van der Waals surface area (Å²) in [6.07, 6.45) is 3.92. The van der Waals surface area contributed by atoms with Gasteiger partial charge in [-0.1, -0.05) is 13.0 Å². The quantitative estimate of drug-likeness (QED) is 0.884. The average molecular weight is 248 g/mol. The van der Waals surface area contributed by atoms with E-state index in [0.717, 1.165) is 41.6 Å². The van der Waals surface area contributed by atoms with Gasteiger partial charge in [0.1, 0.15) is 5.82 Å². The molecule has 1 N–H and O–H groups in total. The Labute approximate surface area is 105 Å². The van der Waals surface area contributed by atoms with Gasteiger partial charge in [-0.3, -0.25) is 4.98 Å². The Bertz CT molecular complexity index is 464. The minimum Gasteiger partial charge on any atom is -0.356 e. The third-order valence-electron chi connectivity index (χ3n) is 2.36. The molecule has 0 saturated heterocycles. The van der Waals surface area contributed by atoms with Crippen molar-refractivity contribution in [2.45, 2.75) is 33.2 Å². The first-order valence-corrected chi connectivity index (χ1v) is 6.53. The van der Waals surface area contributed by atoms with Crippen molar-refractivity contribution in [1.29, 1.82) is 0 Å². The minimum absolute atomic E-state index is 0.744. The van der Waals surface area contributed by atoms with Crippen molar-refractivity contribution in [1.82, 2.24) is 14.3 Å². The summed E-state index contributed by atoms with van der Waals surface area (Å²) in [7, 11) is 0. The molecule has 90 valence electrons. The first-order valence-electron chi connectivity index (χ1n) is 5.76. The van der Waals surface area contributed by atoms with Gasteiger partial charge in [0.2, 0.25) is 5.13 Å². The fourth-order valence-electron chi connectivity index (χ4n) is 1.43. The molecule has 0 unspecified atom stereocenters. The molecular formula is C12H16N4S. The summed E-state index contributed by atoms with van der Waals surface area (Å²) >= 11 is 1.42. The summed E-state index contributed by atoms with van der Waals surface area (Å²) < 4.78 is 4.28. The number of pyridine rings is 1. The SMILES string of the molecule is CCCc1nsc(NCc2ccc(C)nc2)n1. The molecule has 2 aromatic rings. The first kappa shape index (κ1) is 12.0. The van der Waals surface area contributed by atoms with Crippen LogP contribution >= 0.6 is 11.5 Å². The number of nitrogens with zero attached hydrogens (tertiary/aromatic N) is 3. The number of nitrogens with one attached hydrogen (secondary N) is 1. The zero-order chi connectivity index (χ0) is 12.1. The number of hydrogen-bond acceptors (Lipinski definition) is 5. The summed E-state index contributed by atoms with van der Waals surface area (Å²) in [6, 6.07) is 4.09. The molecule has 17 heavy (non-hydrogen) atoms. The maximum atomic E-state index is 4.41. The smallest absolute Gasteiger partial charge is 0.202 e. The van der Waals surface area contributed by atoms with Crippen LogP contribution in [0, 0.1) is 6.92 Å². The molecule has 0 fully saturated rings. The highest BCUT2D eigenvalue weighted by Gasteiger charge is 2.02. The number of anilines is 1. The van der Waals surface area contributed by atoms with E-state index >= 15 is 0 Å². The summed E-state index contributed by atoms with van der Waals surface area (Å²) in [5, 5.41) is 4.15. The lowest BCUT2D eigenvalue weighted by atomic mass is 10.2. The van der Waals surface area contributed by atoms with E-state index < -0.39 is 0 Å². The highest BCUT2D eigenvalue weighted by Crippen LogP contribution is 2.13. The van der Waals surface area contributed by atoms with Gasteiger partial charge in [-0.15, -0.1) is 0 Å². The lowest BCUT2D eigenvalue weighted by Crippen LogP contribution is -2.00. The fraction of sp³-hybridized carbons (Fsp3) is 0.417. The third-order valence-corrected chi connectivity index (χ3v) is 3.07. The number of aryl methyl sites for hydroxylation is 2. The van der Waals surface area contributed by atoms with Crippen LogP contribution in [-0.2, 0) is 13.0 Å². The molecule has 0 spiro atoms. The minimum atomic E-state index is 0.744. The molecule has 0 atom stereocenters. The number of aromatic nitrogens is 3. The van der Waals surface area contributed by atoms with Gasteiger partial charge in [0.25, 0.3) is 0 Å². The van der Waals surface area contributed by atoms with E-state index in [1.165, 1.54) is 11.5 Å². The molecule has 0 aliphatic carbocycles. The maximum absolute atomic E-state index is 4.41. The van der Waals surface area contributed by atoms with Crippen LogP contribution in [0.2, 0.25) is 0 Å². The van der Waals surface area contributed by atoms with E-state index in [9.17, 15) is 0 Å². The van der Waals surface area contributed by atoms with Crippen molar-refractivity contribution in [3.05, 3.63) is 35.4 Å². The molecule has 5 heteroatoms. The van der Waals surface area contributed by atoms with Crippen LogP contribution in [0.25, 0.3) is 0 Å². The lowest BCUT2D eigenvalue weighted by Gasteiger charge is -2.01. The lowest BCUT2D eigenvalue weighted by molar-refractivity contribution is 0.861.